The van der Waals surface area contributed by atoms with E-state index in [-0.39, 0.29) is 0 Å². The predicted molar refractivity (Wildman–Crippen MR) is 96.8 cm³/mol. The van der Waals surface area contributed by atoms with Crippen molar-refractivity contribution in [3.63, 3.8) is 0 Å². The van der Waals surface area contributed by atoms with Gasteiger partial charge in [-0.05, 0) is 55.5 Å². The van der Waals surface area contributed by atoms with Gasteiger partial charge in [0.15, 0.2) is 11.5 Å². The summed E-state index contributed by atoms with van der Waals surface area (Å²) in [6, 6.07) is 7.08. The van der Waals surface area contributed by atoms with E-state index < -0.39 is 0 Å². The van der Waals surface area contributed by atoms with Crippen LogP contribution < -0.4 is 9.47 Å². The minimum Gasteiger partial charge on any atom is -0.454 e. The van der Waals surface area contributed by atoms with Crippen molar-refractivity contribution in [1.82, 2.24) is 14.7 Å². The first-order valence-electron chi connectivity index (χ1n) is 9.38. The lowest BCUT2D eigenvalue weighted by atomic mass is 10.1. The van der Waals surface area contributed by atoms with Crippen LogP contribution in [0.2, 0.25) is 0 Å². The van der Waals surface area contributed by atoms with Gasteiger partial charge in [0.1, 0.15) is 0 Å². The highest BCUT2D eigenvalue weighted by atomic mass is 16.7. The Balaban J connectivity index is 1.39. The third-order valence-electron chi connectivity index (χ3n) is 5.33. The van der Waals surface area contributed by atoms with Crippen LogP contribution in [0.1, 0.15) is 43.2 Å². The summed E-state index contributed by atoms with van der Waals surface area (Å²) in [6.45, 7) is 2.47. The fourth-order valence-corrected chi connectivity index (χ4v) is 4.02. The lowest BCUT2D eigenvalue weighted by Gasteiger charge is -2.29. The summed E-state index contributed by atoms with van der Waals surface area (Å²) in [5.41, 5.74) is 2.65. The molecule has 1 saturated carbocycles. The number of rotatable bonds is 7. The van der Waals surface area contributed by atoms with E-state index >= 15 is 0 Å². The van der Waals surface area contributed by atoms with E-state index in [1.54, 1.807) is 0 Å². The standard InChI is InChI=1S/C20H27N3O2/c1-22-13-17(12-21-22)5-4-10-23(18-6-2-3-7-18)14-16-8-9-19-20(11-16)25-15-24-19/h8-9,11-13,18H,2-7,10,14-15H2,1H3. The molecule has 0 atom stereocenters. The minimum absolute atomic E-state index is 0.343. The van der Waals surface area contributed by atoms with E-state index in [4.69, 9.17) is 9.47 Å². The molecule has 1 aliphatic carbocycles. The van der Waals surface area contributed by atoms with Gasteiger partial charge in [0, 0.05) is 25.8 Å². The summed E-state index contributed by atoms with van der Waals surface area (Å²) >= 11 is 0. The Morgan fingerprint density at radius 3 is 2.80 bits per heavy atom. The molecule has 0 saturated heterocycles. The quantitative estimate of drug-likeness (QED) is 0.772. The number of aromatic nitrogens is 2. The average molecular weight is 341 g/mol. The number of ether oxygens (including phenoxy) is 2. The zero-order valence-corrected chi connectivity index (χ0v) is 15.0. The molecule has 2 aliphatic rings. The summed E-state index contributed by atoms with van der Waals surface area (Å²) in [6.07, 6.45) is 11.8. The molecular weight excluding hydrogens is 314 g/mol. The van der Waals surface area contributed by atoms with Gasteiger partial charge < -0.3 is 9.47 Å². The fraction of sp³-hybridized carbons (Fsp3) is 0.550. The molecule has 0 amide bonds. The first kappa shape index (κ1) is 16.5. The van der Waals surface area contributed by atoms with E-state index in [0.717, 1.165) is 37.1 Å². The van der Waals surface area contributed by atoms with E-state index in [1.807, 2.05) is 24.0 Å². The van der Waals surface area contributed by atoms with Crippen molar-refractivity contribution in [2.45, 2.75) is 51.1 Å². The SMILES string of the molecule is Cn1cc(CCCN(Cc2ccc3c(c2)OCO3)C2CCCC2)cn1. The highest BCUT2D eigenvalue weighted by Crippen LogP contribution is 2.33. The number of nitrogens with zero attached hydrogens (tertiary/aromatic N) is 3. The van der Waals surface area contributed by atoms with Crippen molar-refractivity contribution in [2.24, 2.45) is 7.05 Å². The lowest BCUT2D eigenvalue weighted by Crippen LogP contribution is -2.33. The van der Waals surface area contributed by atoms with E-state index in [9.17, 15) is 0 Å². The van der Waals surface area contributed by atoms with Gasteiger partial charge >= 0.3 is 0 Å². The minimum atomic E-state index is 0.343. The molecule has 0 radical (unpaired) electrons. The molecule has 134 valence electrons. The molecule has 0 N–H and O–H groups in total. The highest BCUT2D eigenvalue weighted by Gasteiger charge is 2.23. The highest BCUT2D eigenvalue weighted by molar-refractivity contribution is 5.44. The van der Waals surface area contributed by atoms with Gasteiger partial charge in [0.25, 0.3) is 0 Å². The zero-order valence-electron chi connectivity index (χ0n) is 15.0. The maximum absolute atomic E-state index is 5.54. The summed E-state index contributed by atoms with van der Waals surface area (Å²) in [5.74, 6) is 1.76. The Morgan fingerprint density at radius 1 is 1.16 bits per heavy atom. The molecular formula is C20H27N3O2. The van der Waals surface area contributed by atoms with Crippen LogP contribution in [0.25, 0.3) is 0 Å². The zero-order chi connectivity index (χ0) is 17.1. The molecule has 0 bridgehead atoms. The maximum Gasteiger partial charge on any atom is 0.231 e. The van der Waals surface area contributed by atoms with E-state index in [0.29, 0.717) is 6.79 Å². The molecule has 0 spiro atoms. The van der Waals surface area contributed by atoms with Crippen molar-refractivity contribution < 1.29 is 9.47 Å². The number of aryl methyl sites for hydroxylation is 2. The van der Waals surface area contributed by atoms with Gasteiger partial charge in [-0.15, -0.1) is 0 Å². The number of benzene rings is 1. The first-order chi connectivity index (χ1) is 12.3. The predicted octanol–water partition coefficient (Wildman–Crippen LogP) is 3.53. The van der Waals surface area contributed by atoms with Crippen LogP contribution in [0, 0.1) is 0 Å². The van der Waals surface area contributed by atoms with Crippen LogP contribution in [-0.2, 0) is 20.0 Å². The lowest BCUT2D eigenvalue weighted by molar-refractivity contribution is 0.173. The van der Waals surface area contributed by atoms with Gasteiger partial charge in [0.05, 0.1) is 6.20 Å². The van der Waals surface area contributed by atoms with Crippen molar-refractivity contribution in [3.8, 4) is 11.5 Å². The number of fused-ring (bicyclic) bond motifs is 1. The second kappa shape index (κ2) is 7.48. The van der Waals surface area contributed by atoms with Crippen molar-refractivity contribution in [1.29, 1.82) is 0 Å². The molecule has 25 heavy (non-hydrogen) atoms. The van der Waals surface area contributed by atoms with Gasteiger partial charge in [-0.25, -0.2) is 0 Å². The van der Waals surface area contributed by atoms with Crippen molar-refractivity contribution in [2.75, 3.05) is 13.3 Å². The monoisotopic (exact) mass is 341 g/mol. The van der Waals surface area contributed by atoms with Crippen LogP contribution in [-0.4, -0.2) is 34.1 Å². The molecule has 1 fully saturated rings. The summed E-state index contributed by atoms with van der Waals surface area (Å²) in [4.78, 5) is 2.67. The smallest absolute Gasteiger partial charge is 0.231 e. The normalized spacial score (nSPS) is 16.9. The van der Waals surface area contributed by atoms with Gasteiger partial charge in [0.2, 0.25) is 6.79 Å². The molecule has 0 unspecified atom stereocenters. The van der Waals surface area contributed by atoms with Crippen LogP contribution in [0.15, 0.2) is 30.6 Å². The third-order valence-corrected chi connectivity index (χ3v) is 5.33. The topological polar surface area (TPSA) is 39.5 Å². The van der Waals surface area contributed by atoms with Crippen LogP contribution in [0.3, 0.4) is 0 Å². The molecule has 1 aromatic carbocycles. The summed E-state index contributed by atoms with van der Waals surface area (Å²) in [7, 11) is 1.98. The molecule has 2 heterocycles. The Morgan fingerprint density at radius 2 is 2.00 bits per heavy atom. The Hall–Kier alpha value is -2.01. The third kappa shape index (κ3) is 3.98. The molecule has 4 rings (SSSR count). The Labute approximate surface area is 149 Å². The number of hydrogen-bond donors (Lipinski definition) is 0. The Kier molecular flexibility index (Phi) is 4.92. The number of hydrogen-bond acceptors (Lipinski definition) is 4. The summed E-state index contributed by atoms with van der Waals surface area (Å²) < 4.78 is 12.9. The van der Waals surface area contributed by atoms with Crippen LogP contribution in [0.5, 0.6) is 11.5 Å². The van der Waals surface area contributed by atoms with E-state index in [1.165, 1.54) is 43.2 Å². The average Bonchev–Trinajstić information content (AvgIpc) is 3.35. The van der Waals surface area contributed by atoms with Gasteiger partial charge in [-0.2, -0.15) is 5.10 Å². The first-order valence-corrected chi connectivity index (χ1v) is 9.38. The molecule has 1 aliphatic heterocycles. The molecule has 1 aromatic heterocycles. The summed E-state index contributed by atoms with van der Waals surface area (Å²) in [5, 5.41) is 4.27. The Bertz CT molecular complexity index is 707. The van der Waals surface area contributed by atoms with Gasteiger partial charge in [-0.1, -0.05) is 18.9 Å². The van der Waals surface area contributed by atoms with Crippen molar-refractivity contribution in [3.05, 3.63) is 41.7 Å². The van der Waals surface area contributed by atoms with Crippen molar-refractivity contribution >= 4 is 0 Å². The molecule has 5 heteroatoms. The van der Waals surface area contributed by atoms with Crippen LogP contribution in [0.4, 0.5) is 0 Å². The largest absolute Gasteiger partial charge is 0.454 e. The maximum atomic E-state index is 5.54. The second-order valence-corrected chi connectivity index (χ2v) is 7.22. The van der Waals surface area contributed by atoms with E-state index in [2.05, 4.69) is 28.3 Å². The molecule has 2 aromatic rings. The van der Waals surface area contributed by atoms with Gasteiger partial charge in [-0.3, -0.25) is 9.58 Å². The second-order valence-electron chi connectivity index (χ2n) is 7.22. The fourth-order valence-electron chi connectivity index (χ4n) is 4.02. The van der Waals surface area contributed by atoms with Crippen LogP contribution >= 0.6 is 0 Å². The molecule has 5 nitrogen and oxygen atoms in total.